The molecule has 1 aromatic heterocycles. The van der Waals surface area contributed by atoms with E-state index in [1.54, 1.807) is 0 Å². The first kappa shape index (κ1) is 12.7. The second-order valence-corrected chi connectivity index (χ2v) is 4.67. The monoisotopic (exact) mass is 240 g/mol. The van der Waals surface area contributed by atoms with Crippen molar-refractivity contribution >= 4 is 10.9 Å². The van der Waals surface area contributed by atoms with E-state index in [1.165, 1.54) is 16.5 Å². The molecule has 0 aliphatic carbocycles. The van der Waals surface area contributed by atoms with Crippen LogP contribution in [0.5, 0.6) is 0 Å². The van der Waals surface area contributed by atoms with Crippen molar-refractivity contribution < 1.29 is 0 Å². The minimum absolute atomic E-state index is 0.175. The fourth-order valence-electron chi connectivity index (χ4n) is 2.33. The van der Waals surface area contributed by atoms with E-state index < -0.39 is 0 Å². The molecule has 1 aromatic carbocycles. The van der Waals surface area contributed by atoms with Crippen molar-refractivity contribution in [2.75, 3.05) is 0 Å². The fourth-order valence-corrected chi connectivity index (χ4v) is 2.33. The summed E-state index contributed by atoms with van der Waals surface area (Å²) in [5.41, 5.74) is 2.58. The second-order valence-electron chi connectivity index (χ2n) is 4.67. The van der Waals surface area contributed by atoms with Crippen LogP contribution in [0.1, 0.15) is 25.3 Å². The standard InChI is InChI=1S/C16H20N2/c1-4-8-14(5-2)17-11-13-12-18(3)16-10-7-6-9-15(13)16/h2,6-7,9-10,12,14,17H,4,8,11H2,1,3H3. The summed E-state index contributed by atoms with van der Waals surface area (Å²) in [6, 6.07) is 8.63. The second kappa shape index (κ2) is 5.75. The lowest BCUT2D eigenvalue weighted by Gasteiger charge is -2.11. The summed E-state index contributed by atoms with van der Waals surface area (Å²) in [5.74, 6) is 2.81. The average Bonchev–Trinajstić information content (AvgIpc) is 2.72. The molecule has 0 amide bonds. The van der Waals surface area contributed by atoms with Crippen molar-refractivity contribution in [3.05, 3.63) is 36.0 Å². The van der Waals surface area contributed by atoms with Crippen LogP contribution in [0, 0.1) is 12.3 Å². The van der Waals surface area contributed by atoms with Gasteiger partial charge in [-0.3, -0.25) is 5.32 Å². The highest BCUT2D eigenvalue weighted by molar-refractivity contribution is 5.83. The predicted molar refractivity (Wildman–Crippen MR) is 77.3 cm³/mol. The van der Waals surface area contributed by atoms with Crippen LogP contribution in [0.25, 0.3) is 10.9 Å². The lowest BCUT2D eigenvalue weighted by atomic mass is 10.1. The number of terminal acetylenes is 1. The topological polar surface area (TPSA) is 17.0 Å². The summed E-state index contributed by atoms with van der Waals surface area (Å²) < 4.78 is 2.16. The molecule has 2 nitrogen and oxygen atoms in total. The Bertz CT molecular complexity index is 560. The van der Waals surface area contributed by atoms with E-state index in [9.17, 15) is 0 Å². The number of rotatable bonds is 5. The molecule has 0 radical (unpaired) electrons. The minimum atomic E-state index is 0.175. The third-order valence-electron chi connectivity index (χ3n) is 3.30. The van der Waals surface area contributed by atoms with Gasteiger partial charge in [-0.15, -0.1) is 6.42 Å². The van der Waals surface area contributed by atoms with Crippen LogP contribution in [0.4, 0.5) is 0 Å². The largest absolute Gasteiger partial charge is 0.350 e. The Morgan fingerprint density at radius 3 is 2.89 bits per heavy atom. The Morgan fingerprint density at radius 2 is 2.17 bits per heavy atom. The van der Waals surface area contributed by atoms with E-state index in [4.69, 9.17) is 6.42 Å². The molecule has 1 atom stereocenters. The molecule has 2 rings (SSSR count). The van der Waals surface area contributed by atoms with Crippen molar-refractivity contribution in [3.8, 4) is 12.3 Å². The summed E-state index contributed by atoms with van der Waals surface area (Å²) in [6.45, 7) is 2.99. The number of nitrogens with zero attached hydrogens (tertiary/aromatic N) is 1. The molecule has 0 spiro atoms. The fraction of sp³-hybridized carbons (Fsp3) is 0.375. The number of hydrogen-bond donors (Lipinski definition) is 1. The molecular weight excluding hydrogens is 220 g/mol. The maximum atomic E-state index is 5.52. The smallest absolute Gasteiger partial charge is 0.0689 e. The number of benzene rings is 1. The van der Waals surface area contributed by atoms with E-state index in [-0.39, 0.29) is 6.04 Å². The van der Waals surface area contributed by atoms with Crippen molar-refractivity contribution in [3.63, 3.8) is 0 Å². The van der Waals surface area contributed by atoms with Crippen molar-refractivity contribution in [2.24, 2.45) is 7.05 Å². The molecular formula is C16H20N2. The summed E-state index contributed by atoms with van der Waals surface area (Å²) >= 11 is 0. The van der Waals surface area contributed by atoms with Gasteiger partial charge in [-0.05, 0) is 18.1 Å². The van der Waals surface area contributed by atoms with E-state index >= 15 is 0 Å². The maximum absolute atomic E-state index is 5.52. The lowest BCUT2D eigenvalue weighted by molar-refractivity contribution is 0.564. The SMILES string of the molecule is C#CC(CCC)NCc1cn(C)c2ccccc12. The molecule has 2 aromatic rings. The van der Waals surface area contributed by atoms with Gasteiger partial charge in [-0.1, -0.05) is 37.5 Å². The van der Waals surface area contributed by atoms with Gasteiger partial charge in [-0.2, -0.15) is 0 Å². The lowest BCUT2D eigenvalue weighted by Crippen LogP contribution is -2.26. The summed E-state index contributed by atoms with van der Waals surface area (Å²) in [6.07, 6.45) is 9.84. The molecule has 0 fully saturated rings. The van der Waals surface area contributed by atoms with Gasteiger partial charge in [0, 0.05) is 30.7 Å². The number of fused-ring (bicyclic) bond motifs is 1. The molecule has 2 heteroatoms. The molecule has 0 aliphatic heterocycles. The molecule has 1 unspecified atom stereocenters. The zero-order valence-electron chi connectivity index (χ0n) is 11.1. The first-order valence-corrected chi connectivity index (χ1v) is 6.48. The van der Waals surface area contributed by atoms with Gasteiger partial charge in [0.15, 0.2) is 0 Å². The number of aryl methyl sites for hydroxylation is 1. The Balaban J connectivity index is 2.15. The highest BCUT2D eigenvalue weighted by Gasteiger charge is 2.07. The summed E-state index contributed by atoms with van der Waals surface area (Å²) in [7, 11) is 2.08. The predicted octanol–water partition coefficient (Wildman–Crippen LogP) is 3.07. The first-order chi connectivity index (χ1) is 8.76. The number of hydrogen-bond acceptors (Lipinski definition) is 1. The van der Waals surface area contributed by atoms with Gasteiger partial charge in [0.2, 0.25) is 0 Å². The first-order valence-electron chi connectivity index (χ1n) is 6.48. The molecule has 0 saturated carbocycles. The average molecular weight is 240 g/mol. The Morgan fingerprint density at radius 1 is 1.39 bits per heavy atom. The molecule has 0 aliphatic rings. The van der Waals surface area contributed by atoms with E-state index in [2.05, 4.69) is 60.2 Å². The molecule has 1 N–H and O–H groups in total. The third-order valence-corrected chi connectivity index (χ3v) is 3.30. The van der Waals surface area contributed by atoms with Gasteiger partial charge in [0.25, 0.3) is 0 Å². The Hall–Kier alpha value is -1.72. The van der Waals surface area contributed by atoms with Crippen LogP contribution in [0.15, 0.2) is 30.5 Å². The molecule has 94 valence electrons. The molecule has 0 saturated heterocycles. The summed E-state index contributed by atoms with van der Waals surface area (Å²) in [4.78, 5) is 0. The Kier molecular flexibility index (Phi) is 4.07. The van der Waals surface area contributed by atoms with Gasteiger partial charge in [0.1, 0.15) is 0 Å². The van der Waals surface area contributed by atoms with Gasteiger partial charge in [-0.25, -0.2) is 0 Å². The molecule has 18 heavy (non-hydrogen) atoms. The Labute approximate surface area is 109 Å². The quantitative estimate of drug-likeness (QED) is 0.795. The maximum Gasteiger partial charge on any atom is 0.0689 e. The highest BCUT2D eigenvalue weighted by atomic mass is 14.9. The summed E-state index contributed by atoms with van der Waals surface area (Å²) in [5, 5.41) is 4.75. The molecule has 1 heterocycles. The van der Waals surface area contributed by atoms with Gasteiger partial charge < -0.3 is 4.57 Å². The molecule has 0 bridgehead atoms. The van der Waals surface area contributed by atoms with Crippen molar-refractivity contribution in [1.82, 2.24) is 9.88 Å². The van der Waals surface area contributed by atoms with Crippen molar-refractivity contribution in [2.45, 2.75) is 32.4 Å². The van der Waals surface area contributed by atoms with Gasteiger partial charge >= 0.3 is 0 Å². The van der Waals surface area contributed by atoms with Crippen LogP contribution < -0.4 is 5.32 Å². The highest BCUT2D eigenvalue weighted by Crippen LogP contribution is 2.20. The van der Waals surface area contributed by atoms with Crippen LogP contribution >= 0.6 is 0 Å². The number of aromatic nitrogens is 1. The number of para-hydroxylation sites is 1. The zero-order chi connectivity index (χ0) is 13.0. The van der Waals surface area contributed by atoms with Crippen LogP contribution in [-0.4, -0.2) is 10.6 Å². The van der Waals surface area contributed by atoms with Crippen molar-refractivity contribution in [1.29, 1.82) is 0 Å². The third kappa shape index (κ3) is 2.57. The zero-order valence-corrected chi connectivity index (χ0v) is 11.1. The van der Waals surface area contributed by atoms with Crippen LogP contribution in [0.3, 0.4) is 0 Å². The van der Waals surface area contributed by atoms with E-state index in [1.807, 2.05) is 0 Å². The van der Waals surface area contributed by atoms with Crippen LogP contribution in [0.2, 0.25) is 0 Å². The van der Waals surface area contributed by atoms with Crippen LogP contribution in [-0.2, 0) is 13.6 Å². The minimum Gasteiger partial charge on any atom is -0.350 e. The van der Waals surface area contributed by atoms with E-state index in [0.717, 1.165) is 19.4 Å². The van der Waals surface area contributed by atoms with E-state index in [0.29, 0.717) is 0 Å². The van der Waals surface area contributed by atoms with Gasteiger partial charge in [0.05, 0.1) is 6.04 Å². The normalized spacial score (nSPS) is 12.5. The number of nitrogens with one attached hydrogen (secondary N) is 1.